The molecule has 2 amide bonds. The van der Waals surface area contributed by atoms with Crippen LogP contribution in [0.15, 0.2) is 83.1 Å². The smallest absolute Gasteiger partial charge is 0.226 e. The Morgan fingerprint density at radius 2 is 1.03 bits per heavy atom. The van der Waals surface area contributed by atoms with Crippen molar-refractivity contribution < 1.29 is 9.59 Å². The number of benzene rings is 1. The molecule has 0 unspecified atom stereocenters. The van der Waals surface area contributed by atoms with Crippen LogP contribution in [0.5, 0.6) is 0 Å². The third-order valence-corrected chi connectivity index (χ3v) is 8.26. The summed E-state index contributed by atoms with van der Waals surface area (Å²) in [7, 11) is 0. The Balaban J connectivity index is 1.63. The number of nitrogens with zero attached hydrogens (tertiary/aromatic N) is 4. The van der Waals surface area contributed by atoms with E-state index in [1.165, 1.54) is 9.79 Å². The van der Waals surface area contributed by atoms with Gasteiger partial charge in [0.1, 0.15) is 0 Å². The van der Waals surface area contributed by atoms with Gasteiger partial charge in [0, 0.05) is 60.5 Å². The summed E-state index contributed by atoms with van der Waals surface area (Å²) in [6.45, 7) is 5.06. The molecule has 38 heavy (non-hydrogen) atoms. The molecule has 0 bridgehead atoms. The molecule has 0 atom stereocenters. The number of amides is 2. The lowest BCUT2D eigenvalue weighted by Gasteiger charge is -2.30. The number of para-hydroxylation sites is 2. The first kappa shape index (κ1) is 29.7. The van der Waals surface area contributed by atoms with E-state index in [0.29, 0.717) is 25.9 Å². The number of pyridine rings is 2. The van der Waals surface area contributed by atoms with Gasteiger partial charge in [0.05, 0.1) is 11.4 Å². The summed E-state index contributed by atoms with van der Waals surface area (Å²) in [5.74, 6) is 2.13. The first-order valence-corrected chi connectivity index (χ1v) is 15.4. The molecule has 1 aromatic carbocycles. The minimum Gasteiger partial charge on any atom is -0.310 e. The van der Waals surface area contributed by atoms with E-state index in [4.69, 9.17) is 0 Å². The predicted molar refractivity (Wildman–Crippen MR) is 160 cm³/mol. The zero-order valence-corrected chi connectivity index (χ0v) is 24.1. The van der Waals surface area contributed by atoms with E-state index in [9.17, 15) is 9.59 Å². The summed E-state index contributed by atoms with van der Waals surface area (Å²) in [6, 6.07) is 15.9. The van der Waals surface area contributed by atoms with E-state index in [1.54, 1.807) is 0 Å². The summed E-state index contributed by atoms with van der Waals surface area (Å²) >= 11 is 3.61. The molecule has 0 aliphatic rings. The zero-order valence-electron chi connectivity index (χ0n) is 22.4. The number of unbranched alkanes of at least 4 members (excludes halogenated alkanes) is 2. The summed E-state index contributed by atoms with van der Waals surface area (Å²) in [4.78, 5) is 40.4. The van der Waals surface area contributed by atoms with Crippen molar-refractivity contribution in [2.75, 3.05) is 34.4 Å². The highest BCUT2D eigenvalue weighted by molar-refractivity contribution is 7.99. The van der Waals surface area contributed by atoms with E-state index in [2.05, 4.69) is 9.97 Å². The van der Waals surface area contributed by atoms with Crippen LogP contribution in [-0.4, -0.2) is 46.4 Å². The van der Waals surface area contributed by atoms with Crippen LogP contribution >= 0.6 is 23.5 Å². The highest BCUT2D eigenvalue weighted by Gasteiger charge is 2.22. The number of carbonyl (C=O) groups excluding carboxylic acids is 2. The van der Waals surface area contributed by atoms with Crippen molar-refractivity contribution in [3.05, 3.63) is 73.3 Å². The monoisotopic (exact) mass is 550 g/mol. The second-order valence-corrected chi connectivity index (χ2v) is 11.1. The van der Waals surface area contributed by atoms with E-state index in [-0.39, 0.29) is 11.8 Å². The van der Waals surface area contributed by atoms with Gasteiger partial charge in [-0.1, -0.05) is 26.0 Å². The van der Waals surface area contributed by atoms with Crippen LogP contribution < -0.4 is 9.80 Å². The zero-order chi connectivity index (χ0) is 27.0. The van der Waals surface area contributed by atoms with Crippen molar-refractivity contribution in [2.24, 2.45) is 0 Å². The minimum absolute atomic E-state index is 0.0804. The molecule has 0 saturated carbocycles. The maximum atomic E-state index is 13.0. The summed E-state index contributed by atoms with van der Waals surface area (Å²) in [5, 5.41) is 0. The number of rotatable bonds is 16. The van der Waals surface area contributed by atoms with E-state index >= 15 is 0 Å². The van der Waals surface area contributed by atoms with Crippen LogP contribution in [-0.2, 0) is 9.59 Å². The van der Waals surface area contributed by atoms with Gasteiger partial charge in [-0.3, -0.25) is 19.6 Å². The van der Waals surface area contributed by atoms with Crippen molar-refractivity contribution in [1.29, 1.82) is 0 Å². The minimum atomic E-state index is 0.0804. The van der Waals surface area contributed by atoms with Gasteiger partial charge in [0.2, 0.25) is 11.8 Å². The predicted octanol–water partition coefficient (Wildman–Crippen LogP) is 7.11. The van der Waals surface area contributed by atoms with Gasteiger partial charge in [-0.05, 0) is 73.6 Å². The third kappa shape index (κ3) is 9.48. The summed E-state index contributed by atoms with van der Waals surface area (Å²) < 4.78 is 0. The van der Waals surface area contributed by atoms with Crippen molar-refractivity contribution in [1.82, 2.24) is 9.97 Å². The fourth-order valence-electron chi connectivity index (χ4n) is 4.05. The Morgan fingerprint density at radius 3 is 1.39 bits per heavy atom. The Hall–Kier alpha value is -2.84. The van der Waals surface area contributed by atoms with Crippen molar-refractivity contribution in [3.8, 4) is 0 Å². The molecule has 3 aromatic rings. The third-order valence-electron chi connectivity index (χ3n) is 6.06. The molecule has 2 aromatic heterocycles. The van der Waals surface area contributed by atoms with Crippen LogP contribution in [0.25, 0.3) is 0 Å². The second kappa shape index (κ2) is 16.9. The van der Waals surface area contributed by atoms with Crippen molar-refractivity contribution >= 4 is 46.7 Å². The van der Waals surface area contributed by atoms with Gasteiger partial charge in [0.25, 0.3) is 0 Å². The first-order valence-electron chi connectivity index (χ1n) is 13.4. The first-order chi connectivity index (χ1) is 18.6. The SMILES string of the molecule is CCC(=O)N(CCCCSc1ccncc1)c1ccccc1N(CCCCSc1ccncc1)C(=O)CC. The fraction of sp³-hybridized carbons (Fsp3) is 0.400. The largest absolute Gasteiger partial charge is 0.310 e. The Bertz CT molecular complexity index is 1030. The van der Waals surface area contributed by atoms with Gasteiger partial charge in [-0.25, -0.2) is 0 Å². The normalized spacial score (nSPS) is 10.8. The number of anilines is 2. The molecule has 3 rings (SSSR count). The Labute approximate surface area is 235 Å². The molecule has 2 heterocycles. The molecule has 0 radical (unpaired) electrons. The van der Waals surface area contributed by atoms with Gasteiger partial charge in [0.15, 0.2) is 0 Å². The lowest BCUT2D eigenvalue weighted by atomic mass is 10.1. The van der Waals surface area contributed by atoms with Crippen LogP contribution in [0.1, 0.15) is 52.4 Å². The van der Waals surface area contributed by atoms with Crippen molar-refractivity contribution in [3.63, 3.8) is 0 Å². The van der Waals surface area contributed by atoms with E-state index < -0.39 is 0 Å². The number of hydrogen-bond acceptors (Lipinski definition) is 6. The molecule has 6 nitrogen and oxygen atoms in total. The lowest BCUT2D eigenvalue weighted by Crippen LogP contribution is -2.36. The van der Waals surface area contributed by atoms with E-state index in [0.717, 1.165) is 48.6 Å². The molecule has 0 N–H and O–H groups in total. The van der Waals surface area contributed by atoms with Crippen LogP contribution in [0.2, 0.25) is 0 Å². The maximum absolute atomic E-state index is 13.0. The topological polar surface area (TPSA) is 66.4 Å². The highest BCUT2D eigenvalue weighted by atomic mass is 32.2. The number of carbonyl (C=O) groups is 2. The average molecular weight is 551 g/mol. The molecule has 8 heteroatoms. The Kier molecular flexibility index (Phi) is 13.2. The lowest BCUT2D eigenvalue weighted by molar-refractivity contribution is -0.119. The molecule has 0 aliphatic carbocycles. The summed E-state index contributed by atoms with van der Waals surface area (Å²) in [5.41, 5.74) is 1.66. The number of hydrogen-bond donors (Lipinski definition) is 0. The van der Waals surface area contributed by atoms with Gasteiger partial charge < -0.3 is 9.80 Å². The van der Waals surface area contributed by atoms with Crippen LogP contribution in [0.3, 0.4) is 0 Å². The number of thioether (sulfide) groups is 2. The molecule has 0 saturated heterocycles. The molecular weight excluding hydrogens is 512 g/mol. The highest BCUT2D eigenvalue weighted by Crippen LogP contribution is 2.31. The summed E-state index contributed by atoms with van der Waals surface area (Å²) in [6.07, 6.45) is 11.9. The molecule has 0 fully saturated rings. The standard InChI is InChI=1S/C30H38N4O2S2/c1-3-29(35)33(21-7-9-23-37-25-13-17-31-18-14-25)27-11-5-6-12-28(27)34(30(36)4-2)22-8-10-24-38-26-15-19-32-20-16-26/h5-6,11-20H,3-4,7-10,21-24H2,1-2H3. The molecular formula is C30H38N4O2S2. The van der Waals surface area contributed by atoms with Crippen LogP contribution in [0, 0.1) is 0 Å². The van der Waals surface area contributed by atoms with Gasteiger partial charge in [-0.15, -0.1) is 23.5 Å². The van der Waals surface area contributed by atoms with Crippen LogP contribution in [0.4, 0.5) is 11.4 Å². The Morgan fingerprint density at radius 1 is 0.632 bits per heavy atom. The van der Waals surface area contributed by atoms with E-state index in [1.807, 2.05) is 120 Å². The number of aromatic nitrogens is 2. The second-order valence-electron chi connectivity index (χ2n) is 8.76. The quantitative estimate of drug-likeness (QED) is 0.140. The fourth-order valence-corrected chi connectivity index (χ4v) is 5.85. The average Bonchev–Trinajstić information content (AvgIpc) is 2.97. The molecule has 0 aliphatic heterocycles. The molecule has 0 spiro atoms. The van der Waals surface area contributed by atoms with Gasteiger partial charge in [-0.2, -0.15) is 0 Å². The maximum Gasteiger partial charge on any atom is 0.226 e. The van der Waals surface area contributed by atoms with Crippen molar-refractivity contribution in [2.45, 2.75) is 62.2 Å². The molecule has 202 valence electrons. The van der Waals surface area contributed by atoms with Gasteiger partial charge >= 0.3 is 0 Å².